The third-order valence-electron chi connectivity index (χ3n) is 3.29. The van der Waals surface area contributed by atoms with E-state index in [-0.39, 0.29) is 5.97 Å². The standard InChI is InChI=1S/C14H19NO2/c16-14(10-12-6-2-1-3-7-12)17-11-13-8-4-5-9-15-13/h4-5,8-9,12H,1-3,6-7,10-11H2. The molecule has 1 saturated carbocycles. The molecule has 1 aromatic heterocycles. The van der Waals surface area contributed by atoms with Crippen LogP contribution in [-0.2, 0) is 16.1 Å². The number of hydrogen-bond donors (Lipinski definition) is 0. The lowest BCUT2D eigenvalue weighted by atomic mass is 9.87. The van der Waals surface area contributed by atoms with E-state index in [1.165, 1.54) is 32.1 Å². The van der Waals surface area contributed by atoms with Gasteiger partial charge in [-0.05, 0) is 30.9 Å². The van der Waals surface area contributed by atoms with Crippen LogP contribution in [0.4, 0.5) is 0 Å². The quantitative estimate of drug-likeness (QED) is 0.750. The number of carbonyl (C=O) groups is 1. The van der Waals surface area contributed by atoms with Crippen molar-refractivity contribution in [3.63, 3.8) is 0 Å². The van der Waals surface area contributed by atoms with Crippen LogP contribution in [-0.4, -0.2) is 11.0 Å². The maximum atomic E-state index is 11.6. The van der Waals surface area contributed by atoms with Crippen LogP contribution >= 0.6 is 0 Å². The normalized spacial score (nSPS) is 16.7. The minimum atomic E-state index is -0.0810. The molecule has 0 unspecified atom stereocenters. The van der Waals surface area contributed by atoms with E-state index in [4.69, 9.17) is 4.74 Å². The first-order valence-electron chi connectivity index (χ1n) is 6.40. The van der Waals surface area contributed by atoms with Gasteiger partial charge in [0.05, 0.1) is 5.69 Å². The summed E-state index contributed by atoms with van der Waals surface area (Å²) in [7, 11) is 0. The van der Waals surface area contributed by atoms with Crippen LogP contribution in [0.3, 0.4) is 0 Å². The van der Waals surface area contributed by atoms with E-state index in [9.17, 15) is 4.79 Å². The molecule has 0 bridgehead atoms. The molecule has 1 heterocycles. The first-order chi connectivity index (χ1) is 8.34. The van der Waals surface area contributed by atoms with Crippen molar-refractivity contribution in [2.75, 3.05) is 0 Å². The molecule has 0 saturated heterocycles. The largest absolute Gasteiger partial charge is 0.459 e. The minimum absolute atomic E-state index is 0.0810. The van der Waals surface area contributed by atoms with Crippen molar-refractivity contribution in [3.8, 4) is 0 Å². The molecule has 0 aliphatic heterocycles. The van der Waals surface area contributed by atoms with E-state index in [0.29, 0.717) is 18.9 Å². The lowest BCUT2D eigenvalue weighted by Gasteiger charge is -2.20. The number of carbonyl (C=O) groups excluding carboxylic acids is 1. The Hall–Kier alpha value is -1.38. The van der Waals surface area contributed by atoms with Crippen molar-refractivity contribution in [3.05, 3.63) is 30.1 Å². The molecule has 1 aromatic rings. The molecule has 0 atom stereocenters. The Morgan fingerprint density at radius 1 is 1.29 bits per heavy atom. The van der Waals surface area contributed by atoms with Gasteiger partial charge in [-0.2, -0.15) is 0 Å². The molecule has 1 fully saturated rings. The van der Waals surface area contributed by atoms with Gasteiger partial charge in [0, 0.05) is 12.6 Å². The third kappa shape index (κ3) is 4.17. The van der Waals surface area contributed by atoms with E-state index in [1.807, 2.05) is 18.2 Å². The highest BCUT2D eigenvalue weighted by Crippen LogP contribution is 2.26. The zero-order valence-electron chi connectivity index (χ0n) is 10.1. The summed E-state index contributed by atoms with van der Waals surface area (Å²) in [5, 5.41) is 0. The number of nitrogens with zero attached hydrogens (tertiary/aromatic N) is 1. The Morgan fingerprint density at radius 3 is 2.82 bits per heavy atom. The molecule has 0 spiro atoms. The molecule has 3 nitrogen and oxygen atoms in total. The monoisotopic (exact) mass is 233 g/mol. The highest BCUT2D eigenvalue weighted by molar-refractivity contribution is 5.69. The molecule has 3 heteroatoms. The average molecular weight is 233 g/mol. The zero-order valence-corrected chi connectivity index (χ0v) is 10.1. The third-order valence-corrected chi connectivity index (χ3v) is 3.29. The van der Waals surface area contributed by atoms with E-state index >= 15 is 0 Å². The van der Waals surface area contributed by atoms with Crippen LogP contribution in [0, 0.1) is 5.92 Å². The molecule has 1 aliphatic carbocycles. The molecular weight excluding hydrogens is 214 g/mol. The van der Waals surface area contributed by atoms with Gasteiger partial charge >= 0.3 is 5.97 Å². The van der Waals surface area contributed by atoms with Gasteiger partial charge in [-0.1, -0.05) is 25.3 Å². The van der Waals surface area contributed by atoms with Gasteiger partial charge in [-0.3, -0.25) is 9.78 Å². The maximum Gasteiger partial charge on any atom is 0.306 e. The summed E-state index contributed by atoms with van der Waals surface area (Å²) in [4.78, 5) is 15.8. The average Bonchev–Trinajstić information content (AvgIpc) is 2.39. The predicted octanol–water partition coefficient (Wildman–Crippen LogP) is 3.10. The SMILES string of the molecule is O=C(CC1CCCCC1)OCc1ccccn1. The molecule has 17 heavy (non-hydrogen) atoms. The summed E-state index contributed by atoms with van der Waals surface area (Å²) in [5.41, 5.74) is 0.810. The van der Waals surface area contributed by atoms with Crippen molar-refractivity contribution in [2.24, 2.45) is 5.92 Å². The Bertz CT molecular complexity index is 344. The molecular formula is C14H19NO2. The van der Waals surface area contributed by atoms with Crippen LogP contribution in [0.1, 0.15) is 44.2 Å². The number of ether oxygens (including phenoxy) is 1. The first kappa shape index (κ1) is 12.1. The number of hydrogen-bond acceptors (Lipinski definition) is 3. The highest BCUT2D eigenvalue weighted by Gasteiger charge is 2.17. The Morgan fingerprint density at radius 2 is 2.12 bits per heavy atom. The fourth-order valence-corrected chi connectivity index (χ4v) is 2.32. The molecule has 92 valence electrons. The van der Waals surface area contributed by atoms with Gasteiger partial charge in [-0.15, -0.1) is 0 Å². The minimum Gasteiger partial charge on any atom is -0.459 e. The van der Waals surface area contributed by atoms with E-state index < -0.39 is 0 Å². The van der Waals surface area contributed by atoms with E-state index in [1.54, 1.807) is 6.20 Å². The van der Waals surface area contributed by atoms with Crippen LogP contribution < -0.4 is 0 Å². The summed E-state index contributed by atoms with van der Waals surface area (Å²) in [6.07, 6.45) is 8.49. The van der Waals surface area contributed by atoms with Crippen molar-refractivity contribution in [1.82, 2.24) is 4.98 Å². The second-order valence-corrected chi connectivity index (χ2v) is 4.69. The van der Waals surface area contributed by atoms with Crippen LogP contribution in [0.2, 0.25) is 0 Å². The second-order valence-electron chi connectivity index (χ2n) is 4.69. The Balaban J connectivity index is 1.70. The molecule has 1 aliphatic rings. The number of rotatable bonds is 4. The van der Waals surface area contributed by atoms with Gasteiger partial charge in [0.15, 0.2) is 0 Å². The first-order valence-corrected chi connectivity index (χ1v) is 6.40. The summed E-state index contributed by atoms with van der Waals surface area (Å²) < 4.78 is 5.23. The second kappa shape index (κ2) is 6.38. The fraction of sp³-hybridized carbons (Fsp3) is 0.571. The maximum absolute atomic E-state index is 11.6. The van der Waals surface area contributed by atoms with E-state index in [2.05, 4.69) is 4.98 Å². The van der Waals surface area contributed by atoms with Crippen LogP contribution in [0.25, 0.3) is 0 Å². The van der Waals surface area contributed by atoms with Gasteiger partial charge in [0.1, 0.15) is 6.61 Å². The number of esters is 1. The topological polar surface area (TPSA) is 39.2 Å². The molecule has 0 amide bonds. The summed E-state index contributed by atoms with van der Waals surface area (Å²) in [5.74, 6) is 0.461. The van der Waals surface area contributed by atoms with Crippen LogP contribution in [0.15, 0.2) is 24.4 Å². The predicted molar refractivity (Wildman–Crippen MR) is 65.2 cm³/mol. The van der Waals surface area contributed by atoms with Gasteiger partial charge in [0.2, 0.25) is 0 Å². The number of aromatic nitrogens is 1. The van der Waals surface area contributed by atoms with Crippen molar-refractivity contribution in [1.29, 1.82) is 0 Å². The molecule has 0 radical (unpaired) electrons. The van der Waals surface area contributed by atoms with Crippen molar-refractivity contribution in [2.45, 2.75) is 45.1 Å². The summed E-state index contributed by atoms with van der Waals surface area (Å²) in [6, 6.07) is 5.62. The summed E-state index contributed by atoms with van der Waals surface area (Å²) >= 11 is 0. The van der Waals surface area contributed by atoms with Gasteiger partial charge in [0.25, 0.3) is 0 Å². The van der Waals surface area contributed by atoms with Crippen molar-refractivity contribution >= 4 is 5.97 Å². The molecule has 2 rings (SSSR count). The van der Waals surface area contributed by atoms with Crippen LogP contribution in [0.5, 0.6) is 0 Å². The molecule has 0 N–H and O–H groups in total. The number of pyridine rings is 1. The zero-order chi connectivity index (χ0) is 11.9. The van der Waals surface area contributed by atoms with Crippen molar-refractivity contribution < 1.29 is 9.53 Å². The lowest BCUT2D eigenvalue weighted by Crippen LogP contribution is -2.14. The Labute approximate surface area is 102 Å². The highest BCUT2D eigenvalue weighted by atomic mass is 16.5. The lowest BCUT2D eigenvalue weighted by molar-refractivity contribution is -0.146. The Kier molecular flexibility index (Phi) is 4.54. The van der Waals surface area contributed by atoms with Gasteiger partial charge in [-0.25, -0.2) is 0 Å². The smallest absolute Gasteiger partial charge is 0.306 e. The molecule has 0 aromatic carbocycles. The van der Waals surface area contributed by atoms with E-state index in [0.717, 1.165) is 5.69 Å². The fourth-order valence-electron chi connectivity index (χ4n) is 2.32. The summed E-state index contributed by atoms with van der Waals surface area (Å²) in [6.45, 7) is 0.298. The van der Waals surface area contributed by atoms with Gasteiger partial charge < -0.3 is 4.74 Å².